The Labute approximate surface area is 191 Å². The van der Waals surface area contributed by atoms with Gasteiger partial charge in [0.05, 0.1) is 16.6 Å². The predicted molar refractivity (Wildman–Crippen MR) is 121 cm³/mol. The number of amides is 1. The van der Waals surface area contributed by atoms with Gasteiger partial charge in [-0.1, -0.05) is 30.3 Å². The van der Waals surface area contributed by atoms with E-state index in [4.69, 9.17) is 9.47 Å². The van der Waals surface area contributed by atoms with Crippen LogP contribution in [0, 0.1) is 5.82 Å². The van der Waals surface area contributed by atoms with E-state index in [-0.39, 0.29) is 16.6 Å². The lowest BCUT2D eigenvalue weighted by Crippen LogP contribution is -2.41. The molecule has 1 unspecified atom stereocenters. The lowest BCUT2D eigenvalue weighted by molar-refractivity contribution is -0.120. The van der Waals surface area contributed by atoms with Crippen molar-refractivity contribution in [3.05, 3.63) is 84.2 Å². The summed E-state index contributed by atoms with van der Waals surface area (Å²) in [5.74, 6) is -0.263. The number of rotatable bonds is 7. The van der Waals surface area contributed by atoms with Crippen molar-refractivity contribution in [3.8, 4) is 11.5 Å². The molecule has 1 atom stereocenters. The van der Waals surface area contributed by atoms with E-state index in [2.05, 4.69) is 5.32 Å². The summed E-state index contributed by atoms with van der Waals surface area (Å²) in [5.41, 5.74) is 1.04. The van der Waals surface area contributed by atoms with E-state index in [0.717, 1.165) is 22.0 Å². The van der Waals surface area contributed by atoms with E-state index in [0.29, 0.717) is 24.7 Å². The van der Waals surface area contributed by atoms with Crippen molar-refractivity contribution in [2.24, 2.45) is 0 Å². The molecule has 0 radical (unpaired) electrons. The number of benzene rings is 3. The van der Waals surface area contributed by atoms with Gasteiger partial charge in [0, 0.05) is 6.07 Å². The Hall–Kier alpha value is -3.59. The SMILES string of the molecule is CC(NC(=O)CN(c1ccc(F)cc1)S(=O)(=O)c1ccc2c(c1)OCCO2)c1ccccc1. The molecule has 0 saturated carbocycles. The van der Waals surface area contributed by atoms with E-state index < -0.39 is 28.3 Å². The van der Waals surface area contributed by atoms with Gasteiger partial charge in [-0.05, 0) is 48.9 Å². The molecule has 0 fully saturated rings. The van der Waals surface area contributed by atoms with Crippen LogP contribution in [-0.4, -0.2) is 34.1 Å². The molecule has 0 aliphatic carbocycles. The van der Waals surface area contributed by atoms with Crippen LogP contribution in [-0.2, 0) is 14.8 Å². The number of nitrogens with one attached hydrogen (secondary N) is 1. The lowest BCUT2D eigenvalue weighted by Gasteiger charge is -2.26. The minimum atomic E-state index is -4.18. The van der Waals surface area contributed by atoms with E-state index >= 15 is 0 Å². The summed E-state index contributed by atoms with van der Waals surface area (Å²) < 4.78 is 52.5. The number of fused-ring (bicyclic) bond motifs is 1. The van der Waals surface area contributed by atoms with E-state index in [1.54, 1.807) is 0 Å². The molecule has 9 heteroatoms. The maximum absolute atomic E-state index is 13.6. The minimum absolute atomic E-state index is 0.0695. The highest BCUT2D eigenvalue weighted by atomic mass is 32.2. The first kappa shape index (κ1) is 22.6. The number of carbonyl (C=O) groups excluding carboxylic acids is 1. The van der Waals surface area contributed by atoms with Crippen molar-refractivity contribution in [2.45, 2.75) is 17.9 Å². The second-order valence-electron chi connectivity index (χ2n) is 7.49. The molecule has 1 heterocycles. The Morgan fingerprint density at radius 3 is 2.36 bits per heavy atom. The van der Waals surface area contributed by atoms with Crippen LogP contribution in [0.3, 0.4) is 0 Å². The van der Waals surface area contributed by atoms with Crippen molar-refractivity contribution in [1.29, 1.82) is 0 Å². The fraction of sp³-hybridized carbons (Fsp3) is 0.208. The van der Waals surface area contributed by atoms with E-state index in [1.807, 2.05) is 37.3 Å². The molecule has 3 aromatic carbocycles. The first-order chi connectivity index (χ1) is 15.8. The summed E-state index contributed by atoms with van der Waals surface area (Å²) in [6.45, 7) is 2.00. The predicted octanol–water partition coefficient (Wildman–Crippen LogP) is 3.67. The first-order valence-electron chi connectivity index (χ1n) is 10.4. The number of ether oxygens (including phenoxy) is 2. The molecule has 1 aliphatic rings. The molecular weight excluding hydrogens is 447 g/mol. The Kier molecular flexibility index (Phi) is 6.50. The van der Waals surface area contributed by atoms with Crippen LogP contribution in [0.5, 0.6) is 11.5 Å². The molecule has 1 aliphatic heterocycles. The van der Waals surface area contributed by atoms with Gasteiger partial charge >= 0.3 is 0 Å². The zero-order valence-corrected chi connectivity index (χ0v) is 18.7. The highest BCUT2D eigenvalue weighted by molar-refractivity contribution is 7.92. The summed E-state index contributed by atoms with van der Waals surface area (Å²) in [7, 11) is -4.18. The first-order valence-corrected chi connectivity index (χ1v) is 11.8. The number of carbonyl (C=O) groups is 1. The smallest absolute Gasteiger partial charge is 0.264 e. The normalized spacial score (nSPS) is 13.8. The standard InChI is InChI=1S/C24H23FN2O5S/c1-17(18-5-3-2-4-6-18)26-24(28)16-27(20-9-7-19(25)8-10-20)33(29,30)21-11-12-22-23(15-21)32-14-13-31-22/h2-12,15,17H,13-14,16H2,1H3,(H,26,28). The molecule has 0 aromatic heterocycles. The largest absolute Gasteiger partial charge is 0.486 e. The van der Waals surface area contributed by atoms with Crippen molar-refractivity contribution in [1.82, 2.24) is 5.32 Å². The van der Waals surface area contributed by atoms with Crippen LogP contribution >= 0.6 is 0 Å². The van der Waals surface area contributed by atoms with Gasteiger partial charge in [0.25, 0.3) is 10.0 Å². The van der Waals surface area contributed by atoms with Gasteiger partial charge in [-0.2, -0.15) is 0 Å². The Morgan fingerprint density at radius 1 is 1.00 bits per heavy atom. The fourth-order valence-corrected chi connectivity index (χ4v) is 4.91. The van der Waals surface area contributed by atoms with Gasteiger partial charge in [-0.3, -0.25) is 9.10 Å². The van der Waals surface area contributed by atoms with Crippen molar-refractivity contribution >= 4 is 21.6 Å². The summed E-state index contributed by atoms with van der Waals surface area (Å²) in [4.78, 5) is 12.8. The second kappa shape index (κ2) is 9.50. The summed E-state index contributed by atoms with van der Waals surface area (Å²) in [6.07, 6.45) is 0. The molecule has 172 valence electrons. The molecule has 3 aromatic rings. The zero-order valence-electron chi connectivity index (χ0n) is 17.9. The van der Waals surface area contributed by atoms with Crippen LogP contribution in [0.4, 0.5) is 10.1 Å². The van der Waals surface area contributed by atoms with Crippen LogP contribution in [0.15, 0.2) is 77.7 Å². The minimum Gasteiger partial charge on any atom is -0.486 e. The molecule has 4 rings (SSSR count). The maximum atomic E-state index is 13.6. The van der Waals surface area contributed by atoms with Crippen LogP contribution in [0.1, 0.15) is 18.5 Å². The second-order valence-corrected chi connectivity index (χ2v) is 9.36. The Morgan fingerprint density at radius 2 is 1.67 bits per heavy atom. The number of hydrogen-bond donors (Lipinski definition) is 1. The maximum Gasteiger partial charge on any atom is 0.264 e. The topological polar surface area (TPSA) is 84.9 Å². The monoisotopic (exact) mass is 470 g/mol. The van der Waals surface area contributed by atoms with Gasteiger partial charge in [0.2, 0.25) is 5.91 Å². The van der Waals surface area contributed by atoms with Crippen molar-refractivity contribution in [2.75, 3.05) is 24.1 Å². The van der Waals surface area contributed by atoms with Crippen LogP contribution in [0.2, 0.25) is 0 Å². The molecular formula is C24H23FN2O5S. The van der Waals surface area contributed by atoms with Crippen LogP contribution < -0.4 is 19.1 Å². The molecule has 0 spiro atoms. The van der Waals surface area contributed by atoms with Crippen molar-refractivity contribution in [3.63, 3.8) is 0 Å². The van der Waals surface area contributed by atoms with E-state index in [1.165, 1.54) is 30.3 Å². The molecule has 0 saturated heterocycles. The lowest BCUT2D eigenvalue weighted by atomic mass is 10.1. The third kappa shape index (κ3) is 5.09. The number of hydrogen-bond acceptors (Lipinski definition) is 5. The molecule has 1 amide bonds. The summed E-state index contributed by atoms with van der Waals surface area (Å²) >= 11 is 0. The number of sulfonamides is 1. The Balaban J connectivity index is 1.63. The van der Waals surface area contributed by atoms with Gasteiger partial charge in [-0.25, -0.2) is 12.8 Å². The average molecular weight is 471 g/mol. The summed E-state index contributed by atoms with van der Waals surface area (Å²) in [5, 5.41) is 2.82. The molecule has 33 heavy (non-hydrogen) atoms. The number of nitrogens with zero attached hydrogens (tertiary/aromatic N) is 1. The fourth-order valence-electron chi connectivity index (χ4n) is 3.48. The van der Waals surface area contributed by atoms with Gasteiger partial charge < -0.3 is 14.8 Å². The highest BCUT2D eigenvalue weighted by Gasteiger charge is 2.29. The zero-order chi connectivity index (χ0) is 23.4. The third-order valence-electron chi connectivity index (χ3n) is 5.18. The number of anilines is 1. The van der Waals surface area contributed by atoms with Gasteiger partial charge in [-0.15, -0.1) is 0 Å². The Bertz CT molecular complexity index is 1230. The van der Waals surface area contributed by atoms with Crippen molar-refractivity contribution < 1.29 is 27.1 Å². The molecule has 1 N–H and O–H groups in total. The highest BCUT2D eigenvalue weighted by Crippen LogP contribution is 2.34. The van der Waals surface area contributed by atoms with E-state index in [9.17, 15) is 17.6 Å². The van der Waals surface area contributed by atoms with Gasteiger partial charge in [0.15, 0.2) is 11.5 Å². The molecule has 7 nitrogen and oxygen atoms in total. The molecule has 0 bridgehead atoms. The van der Waals surface area contributed by atoms with Gasteiger partial charge in [0.1, 0.15) is 25.6 Å². The summed E-state index contributed by atoms with van der Waals surface area (Å²) in [6, 6.07) is 18.2. The third-order valence-corrected chi connectivity index (χ3v) is 6.95. The number of halogens is 1. The van der Waals surface area contributed by atoms with Crippen LogP contribution in [0.25, 0.3) is 0 Å². The average Bonchev–Trinajstić information content (AvgIpc) is 2.83. The quantitative estimate of drug-likeness (QED) is 0.570.